The minimum absolute atomic E-state index is 0.144. The number of benzene rings is 2. The first-order valence-corrected chi connectivity index (χ1v) is 9.91. The summed E-state index contributed by atoms with van der Waals surface area (Å²) in [5.74, 6) is -0.414. The molecule has 0 atom stereocenters. The third-order valence-electron chi connectivity index (χ3n) is 3.71. The monoisotopic (exact) mass is 375 g/mol. The predicted octanol–water partition coefficient (Wildman–Crippen LogP) is 2.41. The molecule has 0 saturated carbocycles. The second-order valence-corrected chi connectivity index (χ2v) is 8.06. The maximum atomic E-state index is 12.3. The van der Waals surface area contributed by atoms with E-state index in [0.29, 0.717) is 30.2 Å². The quantitative estimate of drug-likeness (QED) is 0.589. The molecule has 2 aromatic rings. The van der Waals surface area contributed by atoms with Crippen molar-refractivity contribution >= 4 is 27.6 Å². The summed E-state index contributed by atoms with van der Waals surface area (Å²) in [6.45, 7) is 0.824. The lowest BCUT2D eigenvalue weighted by Gasteiger charge is -2.13. The maximum Gasteiger partial charge on any atom is 0.414 e. The standard InChI is InChI=1S/C18H17NO6S/c1-26(22,23)12-13-3-2-4-14(11-13)17(20)25-16-7-5-15(6-8-16)19-9-10-24-18(19)21/h2-8,11H,9-10,12H2,1H3. The van der Waals surface area contributed by atoms with Gasteiger partial charge in [-0.05, 0) is 42.0 Å². The van der Waals surface area contributed by atoms with Gasteiger partial charge in [-0.3, -0.25) is 4.90 Å². The Morgan fingerprint density at radius 2 is 1.92 bits per heavy atom. The Morgan fingerprint density at radius 3 is 2.54 bits per heavy atom. The second-order valence-electron chi connectivity index (χ2n) is 5.92. The summed E-state index contributed by atoms with van der Waals surface area (Å²) in [7, 11) is -3.19. The zero-order valence-corrected chi connectivity index (χ0v) is 14.9. The molecular weight excluding hydrogens is 358 g/mol. The minimum atomic E-state index is -3.19. The van der Waals surface area contributed by atoms with Crippen LogP contribution in [0.2, 0.25) is 0 Å². The first-order valence-electron chi connectivity index (χ1n) is 7.85. The molecule has 0 aromatic heterocycles. The van der Waals surface area contributed by atoms with Crippen LogP contribution >= 0.6 is 0 Å². The Labute approximate surface area is 151 Å². The number of hydrogen-bond acceptors (Lipinski definition) is 6. The highest BCUT2D eigenvalue weighted by atomic mass is 32.2. The number of ether oxygens (including phenoxy) is 2. The Balaban J connectivity index is 1.70. The fourth-order valence-electron chi connectivity index (χ4n) is 2.58. The average Bonchev–Trinajstić information content (AvgIpc) is 3.00. The zero-order valence-electron chi connectivity index (χ0n) is 14.0. The highest BCUT2D eigenvalue weighted by Gasteiger charge is 2.23. The predicted molar refractivity (Wildman–Crippen MR) is 95.1 cm³/mol. The average molecular weight is 375 g/mol. The van der Waals surface area contributed by atoms with Crippen molar-refractivity contribution in [2.75, 3.05) is 24.3 Å². The maximum absolute atomic E-state index is 12.3. The van der Waals surface area contributed by atoms with Gasteiger partial charge in [-0.1, -0.05) is 12.1 Å². The number of nitrogens with zero attached hydrogens (tertiary/aromatic N) is 1. The topological polar surface area (TPSA) is 90.0 Å². The van der Waals surface area contributed by atoms with Crippen LogP contribution in [0.4, 0.5) is 10.5 Å². The van der Waals surface area contributed by atoms with E-state index in [-0.39, 0.29) is 11.3 Å². The van der Waals surface area contributed by atoms with Gasteiger partial charge >= 0.3 is 12.1 Å². The van der Waals surface area contributed by atoms with Crippen LogP contribution in [0.3, 0.4) is 0 Å². The summed E-state index contributed by atoms with van der Waals surface area (Å²) in [5, 5.41) is 0. The molecule has 1 fully saturated rings. The van der Waals surface area contributed by atoms with Gasteiger partial charge in [0.05, 0.1) is 17.9 Å². The number of amides is 1. The molecule has 7 nitrogen and oxygen atoms in total. The van der Waals surface area contributed by atoms with E-state index in [2.05, 4.69) is 0 Å². The SMILES string of the molecule is CS(=O)(=O)Cc1cccc(C(=O)Oc2ccc(N3CCOC3=O)cc2)c1. The molecule has 1 heterocycles. The van der Waals surface area contributed by atoms with E-state index in [1.165, 1.54) is 11.0 Å². The lowest BCUT2D eigenvalue weighted by molar-refractivity contribution is 0.0734. The molecule has 0 spiro atoms. The summed E-state index contributed by atoms with van der Waals surface area (Å²) in [5.41, 5.74) is 1.44. The van der Waals surface area contributed by atoms with E-state index < -0.39 is 21.9 Å². The number of sulfone groups is 1. The lowest BCUT2D eigenvalue weighted by atomic mass is 10.1. The number of carbonyl (C=O) groups is 2. The van der Waals surface area contributed by atoms with Crippen molar-refractivity contribution in [1.29, 1.82) is 0 Å². The fourth-order valence-corrected chi connectivity index (χ4v) is 3.36. The van der Waals surface area contributed by atoms with Crippen molar-refractivity contribution in [3.05, 3.63) is 59.7 Å². The van der Waals surface area contributed by atoms with Crippen molar-refractivity contribution in [1.82, 2.24) is 0 Å². The van der Waals surface area contributed by atoms with Crippen molar-refractivity contribution in [2.24, 2.45) is 0 Å². The van der Waals surface area contributed by atoms with E-state index in [1.54, 1.807) is 42.5 Å². The van der Waals surface area contributed by atoms with Gasteiger partial charge < -0.3 is 9.47 Å². The Bertz CT molecular complexity index is 936. The lowest BCUT2D eigenvalue weighted by Crippen LogP contribution is -2.23. The molecule has 0 bridgehead atoms. The number of cyclic esters (lactones) is 1. The van der Waals surface area contributed by atoms with Crippen LogP contribution in [-0.4, -0.2) is 39.9 Å². The van der Waals surface area contributed by atoms with Crippen molar-refractivity contribution < 1.29 is 27.5 Å². The molecule has 26 heavy (non-hydrogen) atoms. The fraction of sp³-hybridized carbons (Fsp3) is 0.222. The smallest absolute Gasteiger partial charge is 0.414 e. The van der Waals surface area contributed by atoms with Gasteiger partial charge in [0.1, 0.15) is 12.4 Å². The van der Waals surface area contributed by atoms with E-state index >= 15 is 0 Å². The van der Waals surface area contributed by atoms with Crippen molar-refractivity contribution in [3.63, 3.8) is 0 Å². The third-order valence-corrected chi connectivity index (χ3v) is 4.57. The number of carbonyl (C=O) groups excluding carboxylic acids is 2. The van der Waals surface area contributed by atoms with Crippen molar-refractivity contribution in [2.45, 2.75) is 5.75 Å². The molecular formula is C18H17NO6S. The van der Waals surface area contributed by atoms with Gasteiger partial charge in [0.25, 0.3) is 0 Å². The molecule has 1 amide bonds. The first-order chi connectivity index (χ1) is 12.3. The Kier molecular flexibility index (Phi) is 4.94. The van der Waals surface area contributed by atoms with E-state index in [9.17, 15) is 18.0 Å². The van der Waals surface area contributed by atoms with Crippen LogP contribution in [0.25, 0.3) is 0 Å². The van der Waals surface area contributed by atoms with Crippen LogP contribution in [0, 0.1) is 0 Å². The molecule has 0 radical (unpaired) electrons. The van der Waals surface area contributed by atoms with Crippen LogP contribution < -0.4 is 9.64 Å². The second kappa shape index (κ2) is 7.17. The number of esters is 1. The highest BCUT2D eigenvalue weighted by molar-refractivity contribution is 7.89. The van der Waals surface area contributed by atoms with E-state index in [0.717, 1.165) is 6.26 Å². The Hall–Kier alpha value is -2.87. The van der Waals surface area contributed by atoms with Crippen LogP contribution in [0.5, 0.6) is 5.75 Å². The Morgan fingerprint density at radius 1 is 1.19 bits per heavy atom. The normalized spacial score (nSPS) is 14.2. The molecule has 0 aliphatic carbocycles. The molecule has 1 saturated heterocycles. The summed E-state index contributed by atoms with van der Waals surface area (Å²) in [6.07, 6.45) is 0.729. The molecule has 0 N–H and O–H groups in total. The summed E-state index contributed by atoms with van der Waals surface area (Å²) < 4.78 is 33.0. The van der Waals surface area contributed by atoms with E-state index in [1.807, 2.05) is 0 Å². The third kappa shape index (κ3) is 4.40. The molecule has 3 rings (SSSR count). The number of rotatable bonds is 5. The molecule has 2 aromatic carbocycles. The highest BCUT2D eigenvalue weighted by Crippen LogP contribution is 2.23. The zero-order chi connectivity index (χ0) is 18.7. The molecule has 1 aliphatic rings. The van der Waals surface area contributed by atoms with Gasteiger partial charge in [0.2, 0.25) is 0 Å². The summed E-state index contributed by atoms with van der Waals surface area (Å²) >= 11 is 0. The molecule has 1 aliphatic heterocycles. The first kappa shape index (κ1) is 17.9. The summed E-state index contributed by atoms with van der Waals surface area (Å²) in [6, 6.07) is 12.8. The van der Waals surface area contributed by atoms with Crippen molar-refractivity contribution in [3.8, 4) is 5.75 Å². The van der Waals surface area contributed by atoms with Crippen LogP contribution in [0.15, 0.2) is 48.5 Å². The largest absolute Gasteiger partial charge is 0.447 e. The van der Waals surface area contributed by atoms with Gasteiger partial charge in [0.15, 0.2) is 9.84 Å². The molecule has 0 unspecified atom stereocenters. The number of hydrogen-bond donors (Lipinski definition) is 0. The van der Waals surface area contributed by atoms with Crippen LogP contribution in [-0.2, 0) is 20.3 Å². The summed E-state index contributed by atoms with van der Waals surface area (Å²) in [4.78, 5) is 25.3. The van der Waals surface area contributed by atoms with Crippen LogP contribution in [0.1, 0.15) is 15.9 Å². The van der Waals surface area contributed by atoms with E-state index in [4.69, 9.17) is 9.47 Å². The molecule has 8 heteroatoms. The van der Waals surface area contributed by atoms with Gasteiger partial charge in [-0.15, -0.1) is 0 Å². The molecule has 136 valence electrons. The number of anilines is 1. The van der Waals surface area contributed by atoms with Gasteiger partial charge in [0, 0.05) is 11.9 Å². The van der Waals surface area contributed by atoms with Gasteiger partial charge in [-0.25, -0.2) is 18.0 Å². The van der Waals surface area contributed by atoms with Gasteiger partial charge in [-0.2, -0.15) is 0 Å². The minimum Gasteiger partial charge on any atom is -0.447 e.